The van der Waals surface area contributed by atoms with E-state index in [4.69, 9.17) is 0 Å². The molecule has 1 aliphatic rings. The molecule has 1 heterocycles. The van der Waals surface area contributed by atoms with Crippen LogP contribution in [0.3, 0.4) is 0 Å². The molecule has 2 amide bonds. The van der Waals surface area contributed by atoms with Crippen molar-refractivity contribution in [1.29, 1.82) is 0 Å². The maximum absolute atomic E-state index is 13.8. The molecule has 4 rings (SSSR count). The fraction of sp³-hybridized carbons (Fsp3) is 0.357. The number of nitrogens with zero attached hydrogens (tertiary/aromatic N) is 1. The van der Waals surface area contributed by atoms with Crippen molar-refractivity contribution < 1.29 is 9.59 Å². The second-order valence-electron chi connectivity index (χ2n) is 9.02. The second-order valence-corrected chi connectivity index (χ2v) is 9.80. The van der Waals surface area contributed by atoms with Crippen LogP contribution in [-0.4, -0.2) is 17.9 Å². The van der Waals surface area contributed by atoms with Gasteiger partial charge in [0.15, 0.2) is 0 Å². The van der Waals surface area contributed by atoms with Gasteiger partial charge < -0.3 is 5.32 Å². The van der Waals surface area contributed by atoms with Crippen LogP contribution in [0.2, 0.25) is 0 Å². The molecular formula is C28H32N2O2S. The first kappa shape index (κ1) is 23.2. The molecule has 3 aromatic rings. The van der Waals surface area contributed by atoms with Crippen LogP contribution in [0.5, 0.6) is 0 Å². The molecule has 172 valence electrons. The normalized spacial score (nSPS) is 15.1. The highest BCUT2D eigenvalue weighted by molar-refractivity contribution is 7.08. The van der Waals surface area contributed by atoms with E-state index in [2.05, 4.69) is 5.32 Å². The molecule has 0 bridgehead atoms. The van der Waals surface area contributed by atoms with Gasteiger partial charge in [-0.1, -0.05) is 61.7 Å². The summed E-state index contributed by atoms with van der Waals surface area (Å²) in [6, 6.07) is 17.2. The topological polar surface area (TPSA) is 49.4 Å². The first-order chi connectivity index (χ1) is 16.0. The second kappa shape index (κ2) is 10.8. The number of amides is 2. The lowest BCUT2D eigenvalue weighted by atomic mass is 9.94. The number of benzene rings is 2. The molecule has 0 saturated heterocycles. The first-order valence-corrected chi connectivity index (χ1v) is 12.7. The SMILES string of the molecule is Cc1ccc(C)c(N(C(=O)Cc2ccsc2)C(C(=O)NC2CCCCC2)c2ccccc2)c1. The standard InChI is InChI=1S/C28H32N2O2S/c1-20-13-14-21(2)25(17-20)30(26(31)18-22-15-16-33-19-22)27(23-9-5-3-6-10-23)28(32)29-24-11-7-4-8-12-24/h3,5-6,9-10,13-17,19,24,27H,4,7-8,11-12,18H2,1-2H3,(H,29,32). The van der Waals surface area contributed by atoms with Gasteiger partial charge in [0, 0.05) is 11.7 Å². The molecule has 0 spiro atoms. The third-order valence-electron chi connectivity index (χ3n) is 6.40. The average molecular weight is 461 g/mol. The summed E-state index contributed by atoms with van der Waals surface area (Å²) in [4.78, 5) is 29.4. The molecule has 1 aliphatic carbocycles. The van der Waals surface area contributed by atoms with Crippen LogP contribution in [-0.2, 0) is 16.0 Å². The van der Waals surface area contributed by atoms with Crippen LogP contribution >= 0.6 is 11.3 Å². The summed E-state index contributed by atoms with van der Waals surface area (Å²) in [7, 11) is 0. The summed E-state index contributed by atoms with van der Waals surface area (Å²) < 4.78 is 0. The monoisotopic (exact) mass is 460 g/mol. The lowest BCUT2D eigenvalue weighted by molar-refractivity contribution is -0.127. The number of hydrogen-bond donors (Lipinski definition) is 1. The Labute approximate surface area is 200 Å². The van der Waals surface area contributed by atoms with Crippen LogP contribution < -0.4 is 10.2 Å². The Hall–Kier alpha value is -2.92. The van der Waals surface area contributed by atoms with Crippen molar-refractivity contribution in [2.75, 3.05) is 4.90 Å². The molecule has 33 heavy (non-hydrogen) atoms. The minimum Gasteiger partial charge on any atom is -0.351 e. The molecule has 0 radical (unpaired) electrons. The van der Waals surface area contributed by atoms with Crippen molar-refractivity contribution in [2.24, 2.45) is 0 Å². The molecule has 1 saturated carbocycles. The molecule has 1 fully saturated rings. The van der Waals surface area contributed by atoms with Crippen molar-refractivity contribution in [3.05, 3.63) is 87.6 Å². The highest BCUT2D eigenvalue weighted by Gasteiger charge is 2.34. The predicted octanol–water partition coefficient (Wildman–Crippen LogP) is 6.13. The fourth-order valence-electron chi connectivity index (χ4n) is 4.63. The van der Waals surface area contributed by atoms with Gasteiger partial charge in [-0.3, -0.25) is 14.5 Å². The van der Waals surface area contributed by atoms with Crippen molar-refractivity contribution in [1.82, 2.24) is 5.32 Å². The number of rotatable bonds is 7. The third-order valence-corrected chi connectivity index (χ3v) is 7.13. The van der Waals surface area contributed by atoms with Crippen molar-refractivity contribution in [3.8, 4) is 0 Å². The van der Waals surface area contributed by atoms with Crippen molar-refractivity contribution in [2.45, 2.75) is 64.5 Å². The quantitative estimate of drug-likeness (QED) is 0.461. The maximum Gasteiger partial charge on any atom is 0.248 e. The van der Waals surface area contributed by atoms with Crippen LogP contribution in [0.4, 0.5) is 5.69 Å². The van der Waals surface area contributed by atoms with Gasteiger partial charge in [-0.05, 0) is 71.8 Å². The number of hydrogen-bond acceptors (Lipinski definition) is 3. The Kier molecular flexibility index (Phi) is 7.61. The van der Waals surface area contributed by atoms with E-state index in [1.807, 2.05) is 79.2 Å². The highest BCUT2D eigenvalue weighted by atomic mass is 32.1. The molecule has 0 aliphatic heterocycles. The van der Waals surface area contributed by atoms with Crippen molar-refractivity contribution >= 4 is 28.8 Å². The lowest BCUT2D eigenvalue weighted by Gasteiger charge is -2.34. The van der Waals surface area contributed by atoms with Gasteiger partial charge in [-0.15, -0.1) is 0 Å². The van der Waals surface area contributed by atoms with E-state index < -0.39 is 6.04 Å². The predicted molar refractivity (Wildman–Crippen MR) is 136 cm³/mol. The number of anilines is 1. The zero-order chi connectivity index (χ0) is 23.2. The van der Waals surface area contributed by atoms with E-state index >= 15 is 0 Å². The zero-order valence-electron chi connectivity index (χ0n) is 19.4. The minimum absolute atomic E-state index is 0.0743. The van der Waals surface area contributed by atoms with Gasteiger partial charge >= 0.3 is 0 Å². The molecule has 2 aromatic carbocycles. The molecule has 5 heteroatoms. The van der Waals surface area contributed by atoms with E-state index in [9.17, 15) is 9.59 Å². The van der Waals surface area contributed by atoms with Gasteiger partial charge in [-0.25, -0.2) is 0 Å². The van der Waals surface area contributed by atoms with E-state index in [1.54, 1.807) is 16.2 Å². The van der Waals surface area contributed by atoms with Gasteiger partial charge in [0.1, 0.15) is 6.04 Å². The Bertz CT molecular complexity index is 1070. The molecule has 1 aromatic heterocycles. The summed E-state index contributed by atoms with van der Waals surface area (Å²) in [6.07, 6.45) is 5.76. The summed E-state index contributed by atoms with van der Waals surface area (Å²) >= 11 is 1.58. The van der Waals surface area contributed by atoms with E-state index in [1.165, 1.54) is 6.42 Å². The number of thiophene rings is 1. The fourth-order valence-corrected chi connectivity index (χ4v) is 5.30. The van der Waals surface area contributed by atoms with Gasteiger partial charge in [0.2, 0.25) is 11.8 Å². The number of nitrogens with one attached hydrogen (secondary N) is 1. The molecule has 1 N–H and O–H groups in total. The molecule has 1 unspecified atom stereocenters. The Morgan fingerprint density at radius 2 is 1.79 bits per heavy atom. The summed E-state index contributed by atoms with van der Waals surface area (Å²) in [6.45, 7) is 4.02. The van der Waals surface area contributed by atoms with Gasteiger partial charge in [0.05, 0.1) is 6.42 Å². The largest absolute Gasteiger partial charge is 0.351 e. The third kappa shape index (κ3) is 5.72. The van der Waals surface area contributed by atoms with Gasteiger partial charge in [0.25, 0.3) is 0 Å². The van der Waals surface area contributed by atoms with E-state index in [0.717, 1.165) is 53.6 Å². The summed E-state index contributed by atoms with van der Waals surface area (Å²) in [5.41, 5.74) is 4.63. The van der Waals surface area contributed by atoms with Gasteiger partial charge in [-0.2, -0.15) is 11.3 Å². The van der Waals surface area contributed by atoms with E-state index in [0.29, 0.717) is 0 Å². The van der Waals surface area contributed by atoms with Crippen LogP contribution in [0.1, 0.15) is 60.4 Å². The number of carbonyl (C=O) groups excluding carboxylic acids is 2. The Morgan fingerprint density at radius 1 is 1.03 bits per heavy atom. The lowest BCUT2D eigenvalue weighted by Crippen LogP contribution is -2.48. The Morgan fingerprint density at radius 3 is 2.48 bits per heavy atom. The average Bonchev–Trinajstić information content (AvgIpc) is 3.33. The smallest absolute Gasteiger partial charge is 0.248 e. The summed E-state index contributed by atoms with van der Waals surface area (Å²) in [5.74, 6) is -0.178. The maximum atomic E-state index is 13.8. The minimum atomic E-state index is -0.722. The zero-order valence-corrected chi connectivity index (χ0v) is 20.2. The van der Waals surface area contributed by atoms with Crippen LogP contribution in [0, 0.1) is 13.8 Å². The number of carbonyl (C=O) groups is 2. The Balaban J connectivity index is 1.77. The molecule has 4 nitrogen and oxygen atoms in total. The highest BCUT2D eigenvalue weighted by Crippen LogP contribution is 2.32. The molecule has 1 atom stereocenters. The van der Waals surface area contributed by atoms with Crippen LogP contribution in [0.15, 0.2) is 65.4 Å². The molecular weight excluding hydrogens is 428 g/mol. The van der Waals surface area contributed by atoms with Crippen LogP contribution in [0.25, 0.3) is 0 Å². The van der Waals surface area contributed by atoms with E-state index in [-0.39, 0.29) is 24.3 Å². The number of aryl methyl sites for hydroxylation is 2. The summed E-state index contributed by atoms with van der Waals surface area (Å²) in [5, 5.41) is 7.27. The van der Waals surface area contributed by atoms with Crippen molar-refractivity contribution in [3.63, 3.8) is 0 Å². The first-order valence-electron chi connectivity index (χ1n) is 11.8.